The van der Waals surface area contributed by atoms with Crippen LogP contribution in [0.5, 0.6) is 0 Å². The van der Waals surface area contributed by atoms with Gasteiger partial charge < -0.3 is 5.32 Å². The summed E-state index contributed by atoms with van der Waals surface area (Å²) in [6, 6.07) is 11.2. The molecule has 0 unspecified atom stereocenters. The van der Waals surface area contributed by atoms with E-state index in [9.17, 15) is 8.42 Å². The van der Waals surface area contributed by atoms with E-state index in [1.807, 2.05) is 6.07 Å². The summed E-state index contributed by atoms with van der Waals surface area (Å²) in [6.07, 6.45) is 6.13. The molecule has 1 aliphatic carbocycles. The summed E-state index contributed by atoms with van der Waals surface area (Å²) in [6.45, 7) is 0. The number of aryl methyl sites for hydroxylation is 2. The van der Waals surface area contributed by atoms with E-state index >= 15 is 0 Å². The molecule has 1 N–H and O–H groups in total. The van der Waals surface area contributed by atoms with Crippen molar-refractivity contribution >= 4 is 32.2 Å². The number of benzene rings is 2. The largest absolute Gasteiger partial charge is 0.340 e. The Morgan fingerprint density at radius 1 is 1.00 bits per heavy atom. The minimum Gasteiger partial charge on any atom is -0.340 e. The maximum atomic E-state index is 11.8. The number of sulfone groups is 1. The molecule has 0 saturated heterocycles. The zero-order valence-electron chi connectivity index (χ0n) is 13.3. The molecule has 3 aromatic rings. The average Bonchev–Trinajstić information content (AvgIpc) is 3.01. The van der Waals surface area contributed by atoms with Gasteiger partial charge in [-0.3, -0.25) is 0 Å². The highest BCUT2D eigenvalue weighted by Gasteiger charge is 2.13. The number of hydrogen-bond donors (Lipinski definition) is 1. The van der Waals surface area contributed by atoms with Crippen LogP contribution in [-0.4, -0.2) is 24.6 Å². The summed E-state index contributed by atoms with van der Waals surface area (Å²) in [5.74, 6) is 0.614. The summed E-state index contributed by atoms with van der Waals surface area (Å²) in [5, 5.41) is 4.00. The molecule has 1 aliphatic rings. The van der Waals surface area contributed by atoms with Crippen molar-refractivity contribution in [3.05, 3.63) is 53.9 Å². The average molecular weight is 339 g/mol. The molecule has 0 radical (unpaired) electrons. The van der Waals surface area contributed by atoms with Crippen molar-refractivity contribution < 1.29 is 8.42 Å². The van der Waals surface area contributed by atoms with Gasteiger partial charge in [0, 0.05) is 17.3 Å². The van der Waals surface area contributed by atoms with Crippen molar-refractivity contribution in [2.24, 2.45) is 0 Å². The first-order chi connectivity index (χ1) is 11.5. The quantitative estimate of drug-likeness (QED) is 0.793. The molecule has 4 rings (SSSR count). The van der Waals surface area contributed by atoms with Crippen LogP contribution in [0.2, 0.25) is 0 Å². The lowest BCUT2D eigenvalue weighted by Gasteiger charge is -2.10. The van der Waals surface area contributed by atoms with E-state index < -0.39 is 9.84 Å². The van der Waals surface area contributed by atoms with Crippen LogP contribution >= 0.6 is 0 Å². The van der Waals surface area contributed by atoms with Crippen LogP contribution in [0.25, 0.3) is 10.9 Å². The second-order valence-corrected chi connectivity index (χ2v) is 8.15. The standard InChI is InChI=1S/C18H17N3O2S/c1-24(22,23)15-7-8-17-16(10-15)18(20-11-19-17)21-14-6-5-12-3-2-4-13(12)9-14/h5-11H,2-4H2,1H3,(H,19,20,21). The van der Waals surface area contributed by atoms with Crippen LogP contribution in [-0.2, 0) is 22.7 Å². The molecule has 0 atom stereocenters. The van der Waals surface area contributed by atoms with Crippen molar-refractivity contribution in [3.8, 4) is 0 Å². The Morgan fingerprint density at radius 3 is 2.67 bits per heavy atom. The Hall–Kier alpha value is -2.47. The number of nitrogens with zero attached hydrogens (tertiary/aromatic N) is 2. The van der Waals surface area contributed by atoms with Gasteiger partial charge in [-0.05, 0) is 60.7 Å². The Labute approximate surface area is 140 Å². The van der Waals surface area contributed by atoms with Crippen LogP contribution in [0.1, 0.15) is 17.5 Å². The van der Waals surface area contributed by atoms with Crippen molar-refractivity contribution in [3.63, 3.8) is 0 Å². The first kappa shape index (κ1) is 15.1. The maximum Gasteiger partial charge on any atom is 0.175 e. The van der Waals surface area contributed by atoms with E-state index in [1.54, 1.807) is 18.2 Å². The number of nitrogens with one attached hydrogen (secondary N) is 1. The molecule has 0 aliphatic heterocycles. The van der Waals surface area contributed by atoms with Crippen molar-refractivity contribution in [1.29, 1.82) is 0 Å². The van der Waals surface area contributed by atoms with Gasteiger partial charge in [0.2, 0.25) is 0 Å². The zero-order chi connectivity index (χ0) is 16.7. The summed E-state index contributed by atoms with van der Waals surface area (Å²) in [4.78, 5) is 8.79. The highest BCUT2D eigenvalue weighted by atomic mass is 32.2. The summed E-state index contributed by atoms with van der Waals surface area (Å²) < 4.78 is 23.6. The van der Waals surface area contributed by atoms with E-state index in [-0.39, 0.29) is 4.90 Å². The molecule has 0 fully saturated rings. The van der Waals surface area contributed by atoms with E-state index in [4.69, 9.17) is 0 Å². The van der Waals surface area contributed by atoms with Crippen molar-refractivity contribution in [2.75, 3.05) is 11.6 Å². The molecule has 0 saturated carbocycles. The molecule has 6 heteroatoms. The molecule has 1 heterocycles. The van der Waals surface area contributed by atoms with Gasteiger partial charge in [0.15, 0.2) is 9.84 Å². The van der Waals surface area contributed by atoms with Crippen LogP contribution in [0.4, 0.5) is 11.5 Å². The molecule has 0 spiro atoms. The third kappa shape index (κ3) is 2.73. The second-order valence-electron chi connectivity index (χ2n) is 6.14. The number of rotatable bonds is 3. The third-order valence-corrected chi connectivity index (χ3v) is 5.51. The lowest BCUT2D eigenvalue weighted by molar-refractivity contribution is 0.602. The third-order valence-electron chi connectivity index (χ3n) is 4.40. The smallest absolute Gasteiger partial charge is 0.175 e. The molecule has 1 aromatic heterocycles. The SMILES string of the molecule is CS(=O)(=O)c1ccc2ncnc(Nc3ccc4c(c3)CCC4)c2c1. The topological polar surface area (TPSA) is 72.0 Å². The maximum absolute atomic E-state index is 11.8. The Kier molecular flexibility index (Phi) is 3.49. The van der Waals surface area contributed by atoms with Crippen LogP contribution < -0.4 is 5.32 Å². The van der Waals surface area contributed by atoms with Gasteiger partial charge in [0.05, 0.1) is 10.4 Å². The van der Waals surface area contributed by atoms with Gasteiger partial charge in [-0.1, -0.05) is 6.07 Å². The van der Waals surface area contributed by atoms with Crippen molar-refractivity contribution in [1.82, 2.24) is 9.97 Å². The minimum atomic E-state index is -3.28. The molecule has 5 nitrogen and oxygen atoms in total. The first-order valence-corrected chi connectivity index (χ1v) is 9.73. The number of hydrogen-bond acceptors (Lipinski definition) is 5. The molecular weight excluding hydrogens is 322 g/mol. The van der Waals surface area contributed by atoms with Crippen molar-refractivity contribution in [2.45, 2.75) is 24.2 Å². The Bertz CT molecular complexity index is 1050. The van der Waals surface area contributed by atoms with E-state index in [0.29, 0.717) is 16.7 Å². The van der Waals surface area contributed by atoms with Gasteiger partial charge >= 0.3 is 0 Å². The fourth-order valence-electron chi connectivity index (χ4n) is 3.15. The minimum absolute atomic E-state index is 0.266. The zero-order valence-corrected chi connectivity index (χ0v) is 14.1. The molecular formula is C18H17N3O2S. The highest BCUT2D eigenvalue weighted by molar-refractivity contribution is 7.90. The number of aromatic nitrogens is 2. The fourth-order valence-corrected chi connectivity index (χ4v) is 3.80. The van der Waals surface area contributed by atoms with E-state index in [1.165, 1.54) is 30.1 Å². The van der Waals surface area contributed by atoms with E-state index in [0.717, 1.165) is 18.5 Å². The normalized spacial score (nSPS) is 13.9. The first-order valence-electron chi connectivity index (χ1n) is 7.84. The van der Waals surface area contributed by atoms with Crippen LogP contribution in [0, 0.1) is 0 Å². The van der Waals surface area contributed by atoms with Crippen LogP contribution in [0.3, 0.4) is 0 Å². The van der Waals surface area contributed by atoms with Gasteiger partial charge in [-0.15, -0.1) is 0 Å². The molecule has 122 valence electrons. The molecule has 2 aromatic carbocycles. The predicted molar refractivity (Wildman–Crippen MR) is 94.4 cm³/mol. The second kappa shape index (κ2) is 5.56. The van der Waals surface area contributed by atoms with Gasteiger partial charge in [0.25, 0.3) is 0 Å². The molecule has 24 heavy (non-hydrogen) atoms. The lowest BCUT2D eigenvalue weighted by atomic mass is 10.1. The number of fused-ring (bicyclic) bond motifs is 2. The lowest BCUT2D eigenvalue weighted by Crippen LogP contribution is -2.00. The molecule has 0 amide bonds. The molecule has 0 bridgehead atoms. The van der Waals surface area contributed by atoms with Crippen LogP contribution in [0.15, 0.2) is 47.6 Å². The van der Waals surface area contributed by atoms with Gasteiger partial charge in [0.1, 0.15) is 12.1 Å². The predicted octanol–water partition coefficient (Wildman–Crippen LogP) is 3.27. The number of anilines is 2. The summed E-state index contributed by atoms with van der Waals surface area (Å²) >= 11 is 0. The summed E-state index contributed by atoms with van der Waals surface area (Å²) in [7, 11) is -3.28. The Balaban J connectivity index is 1.78. The summed E-state index contributed by atoms with van der Waals surface area (Å²) in [5.41, 5.74) is 4.45. The Morgan fingerprint density at radius 2 is 1.83 bits per heavy atom. The van der Waals surface area contributed by atoms with E-state index in [2.05, 4.69) is 27.4 Å². The monoisotopic (exact) mass is 339 g/mol. The van der Waals surface area contributed by atoms with Gasteiger partial charge in [-0.25, -0.2) is 18.4 Å². The van der Waals surface area contributed by atoms with Gasteiger partial charge in [-0.2, -0.15) is 0 Å². The fraction of sp³-hybridized carbons (Fsp3) is 0.222. The highest BCUT2D eigenvalue weighted by Crippen LogP contribution is 2.29.